The number of benzene rings is 4. The van der Waals surface area contributed by atoms with Gasteiger partial charge >= 0.3 is 36.4 Å². The summed E-state index contributed by atoms with van der Waals surface area (Å²) in [5.41, 5.74) is 7.29. The number of amides is 6. The number of carboxylic acids is 1. The smallest absolute Gasteiger partial charge is 0.408 e. The molecule has 0 aliphatic rings. The summed E-state index contributed by atoms with van der Waals surface area (Å²) in [6.07, 6.45) is 6.60. The van der Waals surface area contributed by atoms with Gasteiger partial charge in [0.25, 0.3) is 0 Å². The van der Waals surface area contributed by atoms with E-state index >= 15 is 0 Å². The molecule has 0 aliphatic carbocycles. The van der Waals surface area contributed by atoms with Gasteiger partial charge in [-0.15, -0.1) is 58.0 Å². The number of hydrogen-bond acceptors (Lipinski definition) is 21. The molecule has 0 saturated heterocycles. The van der Waals surface area contributed by atoms with Gasteiger partial charge in [-0.25, -0.2) is 33.8 Å². The first-order valence-corrected chi connectivity index (χ1v) is 44.6. The normalized spacial score (nSPS) is 12.7. The van der Waals surface area contributed by atoms with E-state index in [2.05, 4.69) is 109 Å². The summed E-state index contributed by atoms with van der Waals surface area (Å²) in [4.78, 5) is 116. The Morgan fingerprint density at radius 1 is 0.505 bits per heavy atom. The van der Waals surface area contributed by atoms with Gasteiger partial charge in [-0.2, -0.15) is 0 Å². The fourth-order valence-corrected chi connectivity index (χ4v) is 12.8. The number of halogens is 3. The van der Waals surface area contributed by atoms with E-state index in [4.69, 9.17) is 33.5 Å². The second kappa shape index (κ2) is 55.5. The Kier molecular flexibility index (Phi) is 50.0. The topological polar surface area (TPSA) is 323 Å². The number of thiazole rings is 3. The molecule has 0 bridgehead atoms. The molecule has 7 aromatic rings. The van der Waals surface area contributed by atoms with Crippen LogP contribution in [-0.4, -0.2) is 163 Å². The molecule has 6 amide bonds. The van der Waals surface area contributed by atoms with Crippen LogP contribution >= 0.6 is 95.2 Å². The Morgan fingerprint density at radius 3 is 1.20 bits per heavy atom. The molecule has 6 N–H and O–H groups in total. The first-order chi connectivity index (χ1) is 52.1. The highest BCUT2D eigenvalue weighted by atomic mass is 128. The summed E-state index contributed by atoms with van der Waals surface area (Å²) in [7, 11) is 6.06. The van der Waals surface area contributed by atoms with Crippen LogP contribution in [0.1, 0.15) is 150 Å². The van der Waals surface area contributed by atoms with Crippen molar-refractivity contribution in [3.8, 4) is 0 Å². The Morgan fingerprint density at radius 2 is 0.865 bits per heavy atom. The van der Waals surface area contributed by atoms with Crippen LogP contribution in [0.3, 0.4) is 0 Å². The van der Waals surface area contributed by atoms with Crippen molar-refractivity contribution in [2.45, 2.75) is 194 Å². The maximum atomic E-state index is 13.8. The van der Waals surface area contributed by atoms with Crippen LogP contribution in [0.25, 0.3) is 0 Å². The Balaban J connectivity index is 0.000000618. The summed E-state index contributed by atoms with van der Waals surface area (Å²) in [5, 5.41) is 25.5. The maximum absolute atomic E-state index is 13.8. The van der Waals surface area contributed by atoms with Crippen LogP contribution in [0.15, 0.2) is 150 Å². The molecule has 3 aromatic heterocycles. The molecular formula is C80H112I3N9O16S3. The molecule has 25 nitrogen and oxygen atoms in total. The lowest BCUT2D eigenvalue weighted by atomic mass is 9.86. The highest BCUT2D eigenvalue weighted by Gasteiger charge is 2.31. The lowest BCUT2D eigenvalue weighted by molar-refractivity contribution is -0.140. The summed E-state index contributed by atoms with van der Waals surface area (Å²) in [5.74, 6) is -1.16. The van der Waals surface area contributed by atoms with Gasteiger partial charge in [-0.3, -0.25) is 19.6 Å². The first kappa shape index (κ1) is 100. The van der Waals surface area contributed by atoms with E-state index in [9.17, 15) is 38.4 Å². The van der Waals surface area contributed by atoms with Crippen LogP contribution in [0.4, 0.5) is 24.0 Å². The van der Waals surface area contributed by atoms with E-state index < -0.39 is 59.7 Å². The third-order valence-electron chi connectivity index (χ3n) is 16.1. The van der Waals surface area contributed by atoms with Crippen molar-refractivity contribution in [1.82, 2.24) is 46.4 Å². The average Bonchev–Trinajstić information content (AvgIpc) is 1.86. The van der Waals surface area contributed by atoms with Crippen molar-refractivity contribution < 1.29 is 76.6 Å². The summed E-state index contributed by atoms with van der Waals surface area (Å²) < 4.78 is 36.5. The molecule has 0 spiro atoms. The number of carbonyl (C=O) groups excluding carboxylic acids is 7. The molecule has 0 unspecified atom stereocenters. The molecule has 31 heteroatoms. The second-order valence-corrected chi connectivity index (χ2v) is 30.9. The van der Waals surface area contributed by atoms with Crippen LogP contribution in [0.2, 0.25) is 0 Å². The van der Waals surface area contributed by atoms with E-state index in [0.717, 1.165) is 42.7 Å². The highest BCUT2D eigenvalue weighted by molar-refractivity contribution is 15.0. The molecule has 111 heavy (non-hydrogen) atoms. The number of hydrogen-bond donors (Lipinski definition) is 6. The van der Waals surface area contributed by atoms with Gasteiger partial charge in [0.05, 0.1) is 57.8 Å². The lowest BCUT2D eigenvalue weighted by Crippen LogP contribution is -2.49. The van der Waals surface area contributed by atoms with Gasteiger partial charge in [0, 0.05) is 114 Å². The predicted octanol–water partition coefficient (Wildman–Crippen LogP) is 16.8. The van der Waals surface area contributed by atoms with Crippen molar-refractivity contribution in [3.05, 3.63) is 193 Å². The molecule has 4 aromatic carbocycles. The fraction of sp³-hybridized carbons (Fsp3) is 0.487. The average molecular weight is 1930 g/mol. The van der Waals surface area contributed by atoms with Gasteiger partial charge in [-0.05, 0) is 127 Å². The molecule has 7 atom stereocenters. The number of aromatic nitrogens is 3. The van der Waals surface area contributed by atoms with Crippen molar-refractivity contribution in [2.75, 3.05) is 48.2 Å². The summed E-state index contributed by atoms with van der Waals surface area (Å²) >= 11 is 8.68. The minimum absolute atomic E-state index is 0. The van der Waals surface area contributed by atoms with Gasteiger partial charge in [0.1, 0.15) is 36.5 Å². The third-order valence-corrected chi connectivity index (χ3v) is 18.8. The van der Waals surface area contributed by atoms with E-state index in [-0.39, 0.29) is 119 Å². The molecule has 612 valence electrons. The highest BCUT2D eigenvalue weighted by Crippen LogP contribution is 2.26. The Labute approximate surface area is 707 Å². The number of Topliss-reactive ketones (excluding diaryl/α,β-unsaturated/α-hetero) is 2. The lowest BCUT2D eigenvalue weighted by Gasteiger charge is -2.25. The van der Waals surface area contributed by atoms with E-state index in [0.29, 0.717) is 63.8 Å². The number of ether oxygens (including phenoxy) is 7. The summed E-state index contributed by atoms with van der Waals surface area (Å²) in [6, 6.07) is 36.5. The Bertz CT molecular complexity index is 3730. The first-order valence-electron chi connectivity index (χ1n) is 35.7. The van der Waals surface area contributed by atoms with Crippen LogP contribution in [0.5, 0.6) is 0 Å². The molecule has 0 fully saturated rings. The number of rotatable bonds is 39. The minimum atomic E-state index is -1.16. The second-order valence-electron chi connectivity index (χ2n) is 28.0. The number of carbonyl (C=O) groups is 8. The monoisotopic (exact) mass is 1930 g/mol. The third kappa shape index (κ3) is 43.7. The number of aliphatic carboxylic acids is 1. The van der Waals surface area contributed by atoms with Crippen LogP contribution in [0, 0.1) is 11.8 Å². The quantitative estimate of drug-likeness (QED) is 0.0154. The number of nitrogens with zero attached hydrogens (tertiary/aromatic N) is 4. The molecule has 3 heterocycles. The zero-order valence-electron chi connectivity index (χ0n) is 64.6. The molecule has 0 radical (unpaired) electrons. The van der Waals surface area contributed by atoms with Gasteiger partial charge in [0.15, 0.2) is 17.6 Å². The zero-order valence-corrected chi connectivity index (χ0v) is 73.7. The minimum Gasteiger partial charge on any atom is -0.480 e. The molecule has 0 aliphatic heterocycles. The van der Waals surface area contributed by atoms with Gasteiger partial charge in [-0.1, -0.05) is 143 Å². The van der Waals surface area contributed by atoms with Crippen LogP contribution < -0.4 is 26.6 Å². The van der Waals surface area contributed by atoms with Crippen molar-refractivity contribution in [1.29, 1.82) is 0 Å². The van der Waals surface area contributed by atoms with Crippen LogP contribution in [-0.2, 0) is 93.0 Å². The molecular weight excluding hydrogens is 1820 g/mol. The van der Waals surface area contributed by atoms with Gasteiger partial charge in [0.2, 0.25) is 0 Å². The number of ketones is 2. The predicted molar refractivity (Wildman–Crippen MR) is 463 cm³/mol. The number of carboxylic acid groups (broad SMARTS) is 1. The van der Waals surface area contributed by atoms with E-state index in [1.165, 1.54) is 48.9 Å². The Hall–Kier alpha value is -7.00. The maximum Gasteiger partial charge on any atom is 0.408 e. The van der Waals surface area contributed by atoms with Crippen molar-refractivity contribution >= 4 is 143 Å². The molecule has 7 rings (SSSR count). The van der Waals surface area contributed by atoms with E-state index in [1.54, 1.807) is 83.3 Å². The number of alkyl carbamates (subject to hydrolysis) is 4. The number of nitrogens with one attached hydrogen (secondary N) is 5. The van der Waals surface area contributed by atoms with Gasteiger partial charge < -0.3 is 69.7 Å². The summed E-state index contributed by atoms with van der Waals surface area (Å²) in [6.45, 7) is 15.2. The SMILES string of the molecule is C.COC[C@H](NC(=O)N(C)Cc1csc(C(C)C)n1)C(=O)C[C@H](CC[C@H](Cc1ccccc1)NC(=O)OCc1cncs1)Cc1ccccc1.COC[C@H](NC(=O)OC(C)(C)C)C(=O)C[C@H](CC[C@H](Cc1ccccc1)NC(=O)OCc1cncs1)Cc1ccccc1.COC[C@H](NC(=O)OC(C)(C)C)C(=O)O.I.II. The standard InChI is InChI=1S/C37H47N5O5S2.C33H43N3O6S.C9H17NO5.CH4.I2.HI/c1-26(2)35-39-31(24-48-35)21-42(3)36(44)41-33(23-46-4)34(43)19-29(17-27-11-7-5-8-12-27)15-16-30(18-28-13-9-6-10-14-28)40-37(45)47-22-32-20-38-25-49-32;1-33(2,3)42-32(39)36-29(22-40-4)30(37)19-26(17-24-11-7-5-8-12-24)15-16-27(18-25-13-9-6-10-14-25)35-31(38)41-21-28-20-34-23-43-28;1-9(2,3)15-8(13)10-6(5-14-4)7(11)12;;1-2;/h5-14,20,24-26,29-30,33H,15-19,21-23H2,1-4H3,(H,40,45)(H,41,44);5-14,20,23,26-27,29H,15-19,21-22H2,1-4H3,(H,35,38)(H,36,39);6H,5H2,1-4H3,(H,10,13)(H,11,12);1H4;;1H/t29-,30-,33+;26-,27-,29+;6-;;;/m110.../s1. The van der Waals surface area contributed by atoms with E-state index in [1.807, 2.05) is 115 Å². The largest absolute Gasteiger partial charge is 0.480 e. The fourth-order valence-electron chi connectivity index (χ4n) is 11.0. The zero-order chi connectivity index (χ0) is 80.2. The molecule has 0 saturated carbocycles. The van der Waals surface area contributed by atoms with Crippen molar-refractivity contribution in [2.24, 2.45) is 11.8 Å². The number of urea groups is 1. The number of methoxy groups -OCH3 is 3. The van der Waals surface area contributed by atoms with Crippen molar-refractivity contribution in [3.63, 3.8) is 0 Å².